The van der Waals surface area contributed by atoms with Gasteiger partial charge in [-0.25, -0.2) is 4.79 Å². The van der Waals surface area contributed by atoms with Gasteiger partial charge in [0.25, 0.3) is 5.56 Å². The highest BCUT2D eigenvalue weighted by Gasteiger charge is 2.25. The van der Waals surface area contributed by atoms with Gasteiger partial charge >= 0.3 is 5.69 Å². The van der Waals surface area contributed by atoms with Crippen LogP contribution < -0.4 is 11.2 Å². The molecule has 140 valence electrons. The molecule has 0 saturated carbocycles. The van der Waals surface area contributed by atoms with Crippen LogP contribution in [0.2, 0.25) is 0 Å². The van der Waals surface area contributed by atoms with E-state index in [-0.39, 0.29) is 24.9 Å². The second-order valence-electron chi connectivity index (χ2n) is 6.31. The van der Waals surface area contributed by atoms with Crippen LogP contribution in [0.1, 0.15) is 24.1 Å². The molecule has 2 aromatic rings. The molecule has 8 heteroatoms. The molecule has 0 aliphatic carbocycles. The molecule has 3 rings (SSSR count). The minimum atomic E-state index is -0.485. The monoisotopic (exact) mass is 377 g/mol. The summed E-state index contributed by atoms with van der Waals surface area (Å²) < 4.78 is 6.78. The molecule has 2 aromatic heterocycles. The van der Waals surface area contributed by atoms with Crippen LogP contribution in [0.5, 0.6) is 0 Å². The molecule has 0 bridgehead atoms. The van der Waals surface area contributed by atoms with Crippen molar-refractivity contribution in [1.29, 1.82) is 0 Å². The quantitative estimate of drug-likeness (QED) is 0.787. The van der Waals surface area contributed by atoms with Crippen molar-refractivity contribution in [3.63, 3.8) is 0 Å². The third-order valence-corrected chi connectivity index (χ3v) is 5.53. The van der Waals surface area contributed by atoms with E-state index in [0.29, 0.717) is 19.8 Å². The lowest BCUT2D eigenvalue weighted by atomic mass is 10.1. The highest BCUT2D eigenvalue weighted by Crippen LogP contribution is 2.18. The Hall–Kier alpha value is -2.19. The number of carbonyl (C=O) groups is 1. The van der Waals surface area contributed by atoms with Gasteiger partial charge in [0.05, 0.1) is 0 Å². The van der Waals surface area contributed by atoms with Gasteiger partial charge in [-0.05, 0) is 30.7 Å². The summed E-state index contributed by atoms with van der Waals surface area (Å²) in [7, 11) is 0. The van der Waals surface area contributed by atoms with Crippen molar-refractivity contribution in [2.45, 2.75) is 38.3 Å². The summed E-state index contributed by atoms with van der Waals surface area (Å²) in [5.41, 5.74) is -0.918. The topological polar surface area (TPSA) is 84.4 Å². The Morgan fingerprint density at radius 1 is 1.31 bits per heavy atom. The number of aromatic nitrogens is 2. The molecule has 0 radical (unpaired) electrons. The van der Waals surface area contributed by atoms with E-state index in [1.165, 1.54) is 21.7 Å². The smallest absolute Gasteiger partial charge is 0.328 e. The first-order valence-corrected chi connectivity index (χ1v) is 9.71. The van der Waals surface area contributed by atoms with Crippen LogP contribution in [0.4, 0.5) is 0 Å². The van der Waals surface area contributed by atoms with E-state index < -0.39 is 11.2 Å². The van der Waals surface area contributed by atoms with Crippen molar-refractivity contribution < 1.29 is 9.53 Å². The van der Waals surface area contributed by atoms with Gasteiger partial charge in [0.15, 0.2) is 0 Å². The van der Waals surface area contributed by atoms with Crippen molar-refractivity contribution in [2.24, 2.45) is 0 Å². The van der Waals surface area contributed by atoms with Gasteiger partial charge in [-0.15, -0.1) is 11.3 Å². The molecular formula is C18H23N3O4S. The van der Waals surface area contributed by atoms with Crippen LogP contribution in [-0.2, 0) is 22.5 Å². The molecule has 1 saturated heterocycles. The van der Waals surface area contributed by atoms with Gasteiger partial charge in [0, 0.05) is 55.9 Å². The van der Waals surface area contributed by atoms with E-state index >= 15 is 0 Å². The predicted molar refractivity (Wildman–Crippen MR) is 99.5 cm³/mol. The van der Waals surface area contributed by atoms with Crippen LogP contribution in [0.3, 0.4) is 0 Å². The third kappa shape index (κ3) is 4.92. The first-order valence-electron chi connectivity index (χ1n) is 8.83. The number of ether oxygens (including phenoxy) is 1. The van der Waals surface area contributed by atoms with Gasteiger partial charge in [-0.1, -0.05) is 6.07 Å². The molecule has 26 heavy (non-hydrogen) atoms. The Labute approximate surface area is 155 Å². The number of nitrogens with zero attached hydrogens (tertiary/aromatic N) is 2. The molecular weight excluding hydrogens is 354 g/mol. The number of carbonyl (C=O) groups excluding carboxylic acids is 1. The lowest BCUT2D eigenvalue weighted by molar-refractivity contribution is -0.135. The summed E-state index contributed by atoms with van der Waals surface area (Å²) in [4.78, 5) is 41.2. The second-order valence-corrected chi connectivity index (χ2v) is 7.35. The summed E-state index contributed by atoms with van der Waals surface area (Å²) in [6.07, 6.45) is 4.18. The normalized spacial score (nSPS) is 15.1. The van der Waals surface area contributed by atoms with Crippen LogP contribution in [0.15, 0.2) is 39.4 Å². The lowest BCUT2D eigenvalue weighted by Crippen LogP contribution is -2.45. The van der Waals surface area contributed by atoms with Crippen LogP contribution in [0, 0.1) is 0 Å². The second kappa shape index (κ2) is 8.95. The zero-order valence-electron chi connectivity index (χ0n) is 14.6. The van der Waals surface area contributed by atoms with Gasteiger partial charge < -0.3 is 14.2 Å². The van der Waals surface area contributed by atoms with E-state index in [2.05, 4.69) is 11.1 Å². The van der Waals surface area contributed by atoms with Gasteiger partial charge in [-0.3, -0.25) is 14.6 Å². The van der Waals surface area contributed by atoms with Crippen LogP contribution in [0.25, 0.3) is 0 Å². The number of nitrogens with one attached hydrogen (secondary N) is 1. The molecule has 0 unspecified atom stereocenters. The van der Waals surface area contributed by atoms with Crippen LogP contribution >= 0.6 is 11.3 Å². The number of rotatable bonds is 7. The van der Waals surface area contributed by atoms with Crippen molar-refractivity contribution >= 4 is 17.2 Å². The maximum absolute atomic E-state index is 12.9. The number of amides is 1. The molecule has 7 nitrogen and oxygen atoms in total. The van der Waals surface area contributed by atoms with Gasteiger partial charge in [-0.2, -0.15) is 0 Å². The Balaban J connectivity index is 1.64. The zero-order chi connectivity index (χ0) is 18.4. The molecule has 0 aromatic carbocycles. The highest BCUT2D eigenvalue weighted by molar-refractivity contribution is 7.09. The van der Waals surface area contributed by atoms with Crippen molar-refractivity contribution in [1.82, 2.24) is 14.5 Å². The average molecular weight is 377 g/mol. The minimum Gasteiger partial charge on any atom is -0.381 e. The van der Waals surface area contributed by atoms with Gasteiger partial charge in [0.2, 0.25) is 5.91 Å². The molecule has 1 amide bonds. The average Bonchev–Trinajstić information content (AvgIpc) is 3.15. The fraction of sp³-hybridized carbons (Fsp3) is 0.500. The maximum atomic E-state index is 12.9. The standard InChI is InChI=1S/C18H23N3O4S/c22-16-4-8-20(18(24)19-16)9-5-17(23)21(14-6-11-25-12-7-14)10-3-15-2-1-13-26-15/h1-2,4,8,13-14H,3,5-7,9-12H2,(H,19,22,24). The Bertz CT molecular complexity index is 821. The SMILES string of the molecule is O=C(CCn1ccc(=O)[nH]c1=O)N(CCc1cccs1)C1CCOCC1. The molecule has 1 fully saturated rings. The number of thiophene rings is 1. The Morgan fingerprint density at radius 2 is 2.12 bits per heavy atom. The molecule has 1 aliphatic heterocycles. The summed E-state index contributed by atoms with van der Waals surface area (Å²) in [6, 6.07) is 5.57. The molecule has 0 atom stereocenters. The first-order chi connectivity index (χ1) is 12.6. The zero-order valence-corrected chi connectivity index (χ0v) is 15.4. The maximum Gasteiger partial charge on any atom is 0.328 e. The fourth-order valence-electron chi connectivity index (χ4n) is 3.17. The summed E-state index contributed by atoms with van der Waals surface area (Å²) >= 11 is 1.69. The lowest BCUT2D eigenvalue weighted by Gasteiger charge is -2.34. The predicted octanol–water partition coefficient (Wildman–Crippen LogP) is 1.24. The van der Waals surface area contributed by atoms with Gasteiger partial charge in [0.1, 0.15) is 0 Å². The third-order valence-electron chi connectivity index (χ3n) is 4.59. The Morgan fingerprint density at radius 3 is 2.81 bits per heavy atom. The molecule has 0 spiro atoms. The number of hydrogen-bond acceptors (Lipinski definition) is 5. The van der Waals surface area contributed by atoms with Crippen molar-refractivity contribution in [3.05, 3.63) is 55.5 Å². The Kier molecular flexibility index (Phi) is 6.40. The largest absolute Gasteiger partial charge is 0.381 e. The number of hydrogen-bond donors (Lipinski definition) is 1. The van der Waals surface area contributed by atoms with E-state index in [4.69, 9.17) is 4.74 Å². The van der Waals surface area contributed by atoms with E-state index in [0.717, 1.165) is 19.3 Å². The highest BCUT2D eigenvalue weighted by atomic mass is 32.1. The fourth-order valence-corrected chi connectivity index (χ4v) is 3.87. The van der Waals surface area contributed by atoms with Crippen molar-refractivity contribution in [3.8, 4) is 0 Å². The van der Waals surface area contributed by atoms with E-state index in [1.54, 1.807) is 11.3 Å². The summed E-state index contributed by atoms with van der Waals surface area (Å²) in [5, 5.41) is 2.04. The number of aromatic amines is 1. The van der Waals surface area contributed by atoms with Crippen molar-refractivity contribution in [2.75, 3.05) is 19.8 Å². The first kappa shape index (κ1) is 18.6. The molecule has 3 heterocycles. The van der Waals surface area contributed by atoms with E-state index in [1.807, 2.05) is 16.3 Å². The summed E-state index contributed by atoms with van der Waals surface area (Å²) in [6.45, 7) is 2.28. The van der Waals surface area contributed by atoms with Crippen LogP contribution in [-0.4, -0.2) is 46.2 Å². The molecule has 1 N–H and O–H groups in total. The number of aryl methyl sites for hydroxylation is 1. The molecule has 1 aliphatic rings. The minimum absolute atomic E-state index is 0.0338. The summed E-state index contributed by atoms with van der Waals surface area (Å²) in [5.74, 6) is 0.0338. The van der Waals surface area contributed by atoms with E-state index in [9.17, 15) is 14.4 Å². The number of H-pyrrole nitrogens is 1.